The highest BCUT2D eigenvalue weighted by molar-refractivity contribution is 6.28. The van der Waals surface area contributed by atoms with Crippen LogP contribution in [0.15, 0.2) is 0 Å². The van der Waals surface area contributed by atoms with Crippen LogP contribution in [0.3, 0.4) is 0 Å². The molecule has 0 bridgehead atoms. The van der Waals surface area contributed by atoms with Gasteiger partial charge in [-0.1, -0.05) is 0 Å². The second kappa shape index (κ2) is 6.32. The molecule has 21 heavy (non-hydrogen) atoms. The Labute approximate surface area is 130 Å². The van der Waals surface area contributed by atoms with E-state index >= 15 is 0 Å². The first-order valence-electron chi connectivity index (χ1n) is 7.60. The molecule has 0 radical (unpaired) electrons. The number of nitrogens with one attached hydrogen (secondary N) is 1. The van der Waals surface area contributed by atoms with Crippen molar-refractivity contribution in [2.24, 2.45) is 5.41 Å². The van der Waals surface area contributed by atoms with Crippen molar-refractivity contribution in [3.05, 3.63) is 5.28 Å². The number of hydrogen-bond donors (Lipinski definition) is 1. The van der Waals surface area contributed by atoms with Gasteiger partial charge in [0.2, 0.25) is 17.2 Å². The third-order valence-corrected chi connectivity index (χ3v) is 4.57. The third kappa shape index (κ3) is 3.74. The van der Waals surface area contributed by atoms with Gasteiger partial charge in [0.1, 0.15) is 0 Å². The van der Waals surface area contributed by atoms with E-state index < -0.39 is 0 Å². The van der Waals surface area contributed by atoms with Gasteiger partial charge in [0, 0.05) is 33.4 Å². The summed E-state index contributed by atoms with van der Waals surface area (Å²) in [5, 5.41) is 3.59. The van der Waals surface area contributed by atoms with Crippen molar-refractivity contribution in [2.75, 3.05) is 43.6 Å². The van der Waals surface area contributed by atoms with Crippen LogP contribution >= 0.6 is 11.6 Å². The van der Waals surface area contributed by atoms with Gasteiger partial charge in [-0.15, -0.1) is 0 Å². The van der Waals surface area contributed by atoms with Crippen LogP contribution in [-0.2, 0) is 4.74 Å². The average Bonchev–Trinajstić information content (AvgIpc) is 3.03. The largest absolute Gasteiger partial charge is 0.385 e. The number of anilines is 2. The van der Waals surface area contributed by atoms with Crippen LogP contribution in [0, 0.1) is 5.41 Å². The minimum atomic E-state index is 0.260. The average molecular weight is 312 g/mol. The van der Waals surface area contributed by atoms with Crippen LogP contribution in [-0.4, -0.2) is 48.3 Å². The molecule has 7 heteroatoms. The summed E-state index contributed by atoms with van der Waals surface area (Å²) >= 11 is 6.03. The molecule has 1 N–H and O–H groups in total. The van der Waals surface area contributed by atoms with Crippen molar-refractivity contribution in [1.29, 1.82) is 0 Å². The fourth-order valence-electron chi connectivity index (χ4n) is 2.75. The number of rotatable bonds is 7. The highest BCUT2D eigenvalue weighted by Crippen LogP contribution is 2.48. The van der Waals surface area contributed by atoms with Crippen molar-refractivity contribution >= 4 is 23.5 Å². The molecule has 0 amide bonds. The zero-order valence-corrected chi connectivity index (χ0v) is 13.2. The lowest BCUT2D eigenvalue weighted by Gasteiger charge is -2.18. The van der Waals surface area contributed by atoms with Crippen molar-refractivity contribution in [2.45, 2.75) is 32.1 Å². The predicted octanol–water partition coefficient (Wildman–Crippen LogP) is 2.35. The van der Waals surface area contributed by atoms with Crippen LogP contribution in [0.2, 0.25) is 5.28 Å². The van der Waals surface area contributed by atoms with Gasteiger partial charge in [-0.05, 0) is 49.1 Å². The van der Waals surface area contributed by atoms with E-state index in [2.05, 4.69) is 25.2 Å². The SMILES string of the molecule is COCCC1(CNc2nc(Cl)nc(N3CCCC3)n2)CC1. The highest BCUT2D eigenvalue weighted by Gasteiger charge is 2.41. The lowest BCUT2D eigenvalue weighted by Crippen LogP contribution is -2.23. The Morgan fingerprint density at radius 1 is 1.24 bits per heavy atom. The summed E-state index contributed by atoms with van der Waals surface area (Å²) in [6.45, 7) is 3.67. The summed E-state index contributed by atoms with van der Waals surface area (Å²) in [7, 11) is 1.75. The van der Waals surface area contributed by atoms with Gasteiger partial charge in [-0.3, -0.25) is 0 Å². The fraction of sp³-hybridized carbons (Fsp3) is 0.786. The number of nitrogens with zero attached hydrogens (tertiary/aromatic N) is 4. The quantitative estimate of drug-likeness (QED) is 0.834. The Kier molecular flexibility index (Phi) is 4.45. The first-order chi connectivity index (χ1) is 10.2. The Morgan fingerprint density at radius 3 is 2.67 bits per heavy atom. The van der Waals surface area contributed by atoms with E-state index in [9.17, 15) is 0 Å². The van der Waals surface area contributed by atoms with E-state index in [-0.39, 0.29) is 5.28 Å². The predicted molar refractivity (Wildman–Crippen MR) is 82.9 cm³/mol. The van der Waals surface area contributed by atoms with Gasteiger partial charge in [0.25, 0.3) is 0 Å². The van der Waals surface area contributed by atoms with Crippen LogP contribution in [0.25, 0.3) is 0 Å². The molecular weight excluding hydrogens is 290 g/mol. The molecule has 116 valence electrons. The monoisotopic (exact) mass is 311 g/mol. The summed E-state index contributed by atoms with van der Waals surface area (Å²) < 4.78 is 5.18. The van der Waals surface area contributed by atoms with Gasteiger partial charge in [0.15, 0.2) is 0 Å². The summed E-state index contributed by atoms with van der Waals surface area (Å²) in [6, 6.07) is 0. The summed E-state index contributed by atoms with van der Waals surface area (Å²) in [4.78, 5) is 15.1. The molecule has 1 aliphatic carbocycles. The Morgan fingerprint density at radius 2 is 2.00 bits per heavy atom. The molecule has 2 heterocycles. The molecule has 3 rings (SSSR count). The van der Waals surface area contributed by atoms with Gasteiger partial charge >= 0.3 is 0 Å². The molecule has 1 aromatic heterocycles. The van der Waals surface area contributed by atoms with Crippen molar-refractivity contribution in [1.82, 2.24) is 15.0 Å². The Hall–Kier alpha value is -1.14. The van der Waals surface area contributed by atoms with E-state index in [1.54, 1.807) is 7.11 Å². The zero-order valence-electron chi connectivity index (χ0n) is 12.4. The third-order valence-electron chi connectivity index (χ3n) is 4.40. The molecule has 0 spiro atoms. The van der Waals surface area contributed by atoms with Gasteiger partial charge in [0.05, 0.1) is 0 Å². The Balaban J connectivity index is 1.62. The lowest BCUT2D eigenvalue weighted by molar-refractivity contribution is 0.174. The standard InChI is InChI=1S/C14H22ClN5O/c1-21-9-6-14(4-5-14)10-16-12-17-11(15)18-13(19-12)20-7-2-3-8-20/h2-10H2,1H3,(H,16,17,18,19). The van der Waals surface area contributed by atoms with E-state index in [0.29, 0.717) is 17.3 Å². The minimum absolute atomic E-state index is 0.260. The first kappa shape index (κ1) is 14.8. The second-order valence-electron chi connectivity index (χ2n) is 6.02. The smallest absolute Gasteiger partial charge is 0.231 e. The maximum Gasteiger partial charge on any atom is 0.231 e. The van der Waals surface area contributed by atoms with Crippen molar-refractivity contribution < 1.29 is 4.74 Å². The first-order valence-corrected chi connectivity index (χ1v) is 7.98. The molecular formula is C14H22ClN5O. The molecule has 0 aromatic carbocycles. The Bertz CT molecular complexity index is 488. The molecule has 2 aliphatic rings. The molecule has 1 saturated heterocycles. The van der Waals surface area contributed by atoms with E-state index in [0.717, 1.165) is 32.7 Å². The van der Waals surface area contributed by atoms with Gasteiger partial charge < -0.3 is 15.0 Å². The normalized spacial score (nSPS) is 19.8. The van der Waals surface area contributed by atoms with Crippen LogP contribution < -0.4 is 10.2 Å². The number of hydrogen-bond acceptors (Lipinski definition) is 6. The maximum absolute atomic E-state index is 6.03. The van der Waals surface area contributed by atoms with Gasteiger partial charge in [-0.25, -0.2) is 0 Å². The van der Waals surface area contributed by atoms with Gasteiger partial charge in [-0.2, -0.15) is 15.0 Å². The van der Waals surface area contributed by atoms with Crippen LogP contribution in [0.4, 0.5) is 11.9 Å². The molecule has 1 saturated carbocycles. The highest BCUT2D eigenvalue weighted by atomic mass is 35.5. The fourth-order valence-corrected chi connectivity index (χ4v) is 2.91. The molecule has 0 unspecified atom stereocenters. The number of methoxy groups -OCH3 is 1. The molecule has 2 fully saturated rings. The minimum Gasteiger partial charge on any atom is -0.385 e. The van der Waals surface area contributed by atoms with E-state index in [1.807, 2.05) is 0 Å². The summed E-state index contributed by atoms with van der Waals surface area (Å²) in [6.07, 6.45) is 5.93. The zero-order chi connectivity index (χ0) is 14.7. The van der Waals surface area contributed by atoms with Crippen molar-refractivity contribution in [3.8, 4) is 0 Å². The number of halogens is 1. The van der Waals surface area contributed by atoms with E-state index in [1.165, 1.54) is 25.7 Å². The summed E-state index contributed by atoms with van der Waals surface area (Å²) in [5.41, 5.74) is 0.350. The van der Waals surface area contributed by atoms with Crippen molar-refractivity contribution in [3.63, 3.8) is 0 Å². The van der Waals surface area contributed by atoms with E-state index in [4.69, 9.17) is 16.3 Å². The molecule has 6 nitrogen and oxygen atoms in total. The molecule has 0 atom stereocenters. The molecule has 1 aliphatic heterocycles. The maximum atomic E-state index is 6.03. The molecule has 1 aromatic rings. The number of ether oxygens (including phenoxy) is 1. The van der Waals surface area contributed by atoms with Crippen LogP contribution in [0.5, 0.6) is 0 Å². The van der Waals surface area contributed by atoms with Crippen LogP contribution in [0.1, 0.15) is 32.1 Å². The summed E-state index contributed by atoms with van der Waals surface area (Å²) in [5.74, 6) is 1.28. The number of aromatic nitrogens is 3. The second-order valence-corrected chi connectivity index (χ2v) is 6.36. The topological polar surface area (TPSA) is 63.2 Å². The lowest BCUT2D eigenvalue weighted by atomic mass is 10.0.